The highest BCUT2D eigenvalue weighted by Crippen LogP contribution is 2.33. The summed E-state index contributed by atoms with van der Waals surface area (Å²) in [5, 5.41) is 1.94. The molecule has 3 N–H and O–H groups in total. The summed E-state index contributed by atoms with van der Waals surface area (Å²) in [4.78, 5) is 27.0. The number of carbonyl (C=O) groups excluding carboxylic acids is 2. The standard InChI is InChI=1S/C15H12F4N4O2/c1-15(18,19)9-7-8(16)4-5-11(9)21-13(24)14(25)23-22-12-10(17)3-2-6-20-12/h2-7H,1H3,(H,20,22)(H,21,24)(H,23,25). The fraction of sp³-hybridized carbons (Fsp3) is 0.133. The van der Waals surface area contributed by atoms with Crippen molar-refractivity contribution < 1.29 is 27.2 Å². The molecule has 0 saturated carbocycles. The van der Waals surface area contributed by atoms with Gasteiger partial charge < -0.3 is 5.32 Å². The minimum absolute atomic E-state index is 0.341. The summed E-state index contributed by atoms with van der Waals surface area (Å²) in [5.74, 6) is -8.11. The van der Waals surface area contributed by atoms with Crippen LogP contribution in [-0.4, -0.2) is 16.8 Å². The third-order valence-electron chi connectivity index (χ3n) is 2.96. The fourth-order valence-electron chi connectivity index (χ4n) is 1.82. The molecule has 1 heterocycles. The number of pyridine rings is 1. The van der Waals surface area contributed by atoms with Crippen LogP contribution in [0.3, 0.4) is 0 Å². The minimum atomic E-state index is -3.45. The average Bonchev–Trinajstić information content (AvgIpc) is 2.54. The Morgan fingerprint density at radius 3 is 2.48 bits per heavy atom. The molecular formula is C15H12F4N4O2. The molecule has 0 spiro atoms. The van der Waals surface area contributed by atoms with Gasteiger partial charge in [-0.05, 0) is 30.3 Å². The van der Waals surface area contributed by atoms with Crippen LogP contribution in [0.1, 0.15) is 12.5 Å². The predicted molar refractivity (Wildman–Crippen MR) is 80.6 cm³/mol. The quantitative estimate of drug-likeness (QED) is 0.447. The zero-order chi connectivity index (χ0) is 18.6. The molecule has 132 valence electrons. The Hall–Kier alpha value is -3.17. The topological polar surface area (TPSA) is 83.1 Å². The van der Waals surface area contributed by atoms with Crippen molar-refractivity contribution in [1.29, 1.82) is 0 Å². The van der Waals surface area contributed by atoms with Gasteiger partial charge in [0.15, 0.2) is 11.6 Å². The molecule has 0 aliphatic carbocycles. The van der Waals surface area contributed by atoms with Gasteiger partial charge >= 0.3 is 11.8 Å². The second-order valence-electron chi connectivity index (χ2n) is 4.95. The van der Waals surface area contributed by atoms with Gasteiger partial charge in [0.05, 0.1) is 5.69 Å². The molecule has 0 atom stereocenters. The largest absolute Gasteiger partial charge is 0.328 e. The van der Waals surface area contributed by atoms with Crippen molar-refractivity contribution in [2.75, 3.05) is 10.7 Å². The lowest BCUT2D eigenvalue weighted by molar-refractivity contribution is -0.135. The third kappa shape index (κ3) is 4.66. The zero-order valence-electron chi connectivity index (χ0n) is 12.7. The van der Waals surface area contributed by atoms with Gasteiger partial charge in [0.2, 0.25) is 0 Å². The van der Waals surface area contributed by atoms with E-state index in [2.05, 4.69) is 10.4 Å². The number of carbonyl (C=O) groups is 2. The Balaban J connectivity index is 2.07. The third-order valence-corrected chi connectivity index (χ3v) is 2.96. The molecule has 0 bridgehead atoms. The van der Waals surface area contributed by atoms with E-state index < -0.39 is 40.6 Å². The number of hydrazine groups is 1. The van der Waals surface area contributed by atoms with Gasteiger partial charge in [0.1, 0.15) is 5.82 Å². The Morgan fingerprint density at radius 2 is 1.84 bits per heavy atom. The van der Waals surface area contributed by atoms with Gasteiger partial charge in [-0.1, -0.05) is 0 Å². The van der Waals surface area contributed by atoms with Crippen molar-refractivity contribution in [3.8, 4) is 0 Å². The van der Waals surface area contributed by atoms with Crippen LogP contribution < -0.4 is 16.2 Å². The SMILES string of the molecule is CC(F)(F)c1cc(F)ccc1NC(=O)C(=O)NNc1ncccc1F. The van der Waals surface area contributed by atoms with Crippen LogP contribution in [-0.2, 0) is 15.5 Å². The second kappa shape index (κ2) is 7.16. The summed E-state index contributed by atoms with van der Waals surface area (Å²) in [5.41, 5.74) is 2.72. The molecule has 6 nitrogen and oxygen atoms in total. The number of hydrogen-bond donors (Lipinski definition) is 3. The molecule has 1 aromatic heterocycles. The molecule has 2 rings (SSSR count). The van der Waals surface area contributed by atoms with Crippen LogP contribution in [0.2, 0.25) is 0 Å². The monoisotopic (exact) mass is 356 g/mol. The zero-order valence-corrected chi connectivity index (χ0v) is 12.7. The Kier molecular flexibility index (Phi) is 5.20. The van der Waals surface area contributed by atoms with Crippen molar-refractivity contribution in [2.24, 2.45) is 0 Å². The molecule has 2 amide bonds. The number of anilines is 2. The van der Waals surface area contributed by atoms with Gasteiger partial charge in [0.25, 0.3) is 5.92 Å². The first-order chi connectivity index (χ1) is 11.7. The van der Waals surface area contributed by atoms with Crippen molar-refractivity contribution in [3.05, 3.63) is 53.7 Å². The van der Waals surface area contributed by atoms with E-state index >= 15 is 0 Å². The summed E-state index contributed by atoms with van der Waals surface area (Å²) in [6, 6.07) is 4.68. The second-order valence-corrected chi connectivity index (χ2v) is 4.95. The number of nitrogens with one attached hydrogen (secondary N) is 3. The molecule has 0 unspecified atom stereocenters. The number of halogens is 4. The van der Waals surface area contributed by atoms with Crippen LogP contribution >= 0.6 is 0 Å². The van der Waals surface area contributed by atoms with E-state index in [-0.39, 0.29) is 5.82 Å². The molecule has 25 heavy (non-hydrogen) atoms. The predicted octanol–water partition coefficient (Wildman–Crippen LogP) is 2.55. The number of nitrogens with zero attached hydrogens (tertiary/aromatic N) is 1. The molecule has 0 aliphatic rings. The van der Waals surface area contributed by atoms with E-state index in [0.29, 0.717) is 13.0 Å². The lowest BCUT2D eigenvalue weighted by Crippen LogP contribution is -2.39. The van der Waals surface area contributed by atoms with Gasteiger partial charge in [-0.15, -0.1) is 0 Å². The minimum Gasteiger partial charge on any atom is -0.317 e. The lowest BCUT2D eigenvalue weighted by Gasteiger charge is -2.16. The van der Waals surface area contributed by atoms with Gasteiger partial charge in [0, 0.05) is 18.7 Å². The van der Waals surface area contributed by atoms with E-state index in [1.807, 2.05) is 10.7 Å². The van der Waals surface area contributed by atoms with Gasteiger partial charge in [-0.2, -0.15) is 0 Å². The maximum atomic E-state index is 13.5. The van der Waals surface area contributed by atoms with E-state index in [1.54, 1.807) is 0 Å². The van der Waals surface area contributed by atoms with E-state index in [4.69, 9.17) is 0 Å². The van der Waals surface area contributed by atoms with Crippen molar-refractivity contribution in [1.82, 2.24) is 10.4 Å². The number of benzene rings is 1. The van der Waals surface area contributed by atoms with Crippen LogP contribution in [0.5, 0.6) is 0 Å². The first kappa shape index (κ1) is 18.2. The van der Waals surface area contributed by atoms with E-state index in [0.717, 1.165) is 18.2 Å². The average molecular weight is 356 g/mol. The first-order valence-corrected chi connectivity index (χ1v) is 6.84. The van der Waals surface area contributed by atoms with E-state index in [9.17, 15) is 27.2 Å². The van der Waals surface area contributed by atoms with Crippen LogP contribution in [0, 0.1) is 11.6 Å². The van der Waals surface area contributed by atoms with Crippen molar-refractivity contribution >= 4 is 23.3 Å². The number of rotatable bonds is 4. The molecule has 0 aliphatic heterocycles. The van der Waals surface area contributed by atoms with E-state index in [1.165, 1.54) is 12.3 Å². The highest BCUT2D eigenvalue weighted by atomic mass is 19.3. The Morgan fingerprint density at radius 1 is 1.12 bits per heavy atom. The summed E-state index contributed by atoms with van der Waals surface area (Å²) in [6.45, 7) is 0.517. The number of hydrogen-bond acceptors (Lipinski definition) is 4. The number of aromatic nitrogens is 1. The first-order valence-electron chi connectivity index (χ1n) is 6.84. The number of amides is 2. The maximum Gasteiger partial charge on any atom is 0.328 e. The Bertz CT molecular complexity index is 808. The molecule has 0 saturated heterocycles. The van der Waals surface area contributed by atoms with Crippen LogP contribution in [0.4, 0.5) is 29.1 Å². The molecule has 0 radical (unpaired) electrons. The summed E-state index contributed by atoms with van der Waals surface area (Å²) >= 11 is 0. The summed E-state index contributed by atoms with van der Waals surface area (Å²) < 4.78 is 53.4. The summed E-state index contributed by atoms with van der Waals surface area (Å²) in [6.07, 6.45) is 1.24. The molecule has 2 aromatic rings. The highest BCUT2D eigenvalue weighted by Gasteiger charge is 2.29. The molecular weight excluding hydrogens is 344 g/mol. The number of alkyl halides is 2. The maximum absolute atomic E-state index is 13.5. The highest BCUT2D eigenvalue weighted by molar-refractivity contribution is 6.39. The van der Waals surface area contributed by atoms with Gasteiger partial charge in [-0.3, -0.25) is 20.4 Å². The Labute approximate surface area is 139 Å². The van der Waals surface area contributed by atoms with Crippen molar-refractivity contribution in [3.63, 3.8) is 0 Å². The summed E-state index contributed by atoms with van der Waals surface area (Å²) in [7, 11) is 0. The smallest absolute Gasteiger partial charge is 0.317 e. The molecule has 10 heteroatoms. The van der Waals surface area contributed by atoms with Crippen molar-refractivity contribution in [2.45, 2.75) is 12.8 Å². The molecule has 1 aromatic carbocycles. The van der Waals surface area contributed by atoms with Crippen LogP contribution in [0.15, 0.2) is 36.5 Å². The molecule has 0 fully saturated rings. The van der Waals surface area contributed by atoms with Gasteiger partial charge in [-0.25, -0.2) is 22.5 Å². The van der Waals surface area contributed by atoms with Crippen LogP contribution in [0.25, 0.3) is 0 Å². The fourth-order valence-corrected chi connectivity index (χ4v) is 1.82. The lowest BCUT2D eigenvalue weighted by atomic mass is 10.1. The normalized spacial score (nSPS) is 10.9.